The Bertz CT molecular complexity index is 92.3. The molecule has 0 amide bonds. The molecule has 0 saturated carbocycles. The maximum atomic E-state index is 9.25. The number of aliphatic hydroxyl groups is 1. The molecule has 0 aliphatic rings. The van der Waals surface area contributed by atoms with Gasteiger partial charge >= 0.3 is 0 Å². The SMILES string of the molecule is CC(C)C(C)OC(O)N(C)C. The average molecular weight is 161 g/mol. The van der Waals surface area contributed by atoms with Crippen molar-refractivity contribution >= 4 is 0 Å². The summed E-state index contributed by atoms with van der Waals surface area (Å²) in [7, 11) is 3.55. The molecule has 2 unspecified atom stereocenters. The minimum Gasteiger partial charge on any atom is -0.356 e. The topological polar surface area (TPSA) is 32.7 Å². The van der Waals surface area contributed by atoms with E-state index in [-0.39, 0.29) is 6.10 Å². The lowest BCUT2D eigenvalue weighted by atomic mass is 10.1. The molecule has 0 bridgehead atoms. The molecule has 0 aliphatic carbocycles. The molecule has 0 rings (SSSR count). The van der Waals surface area contributed by atoms with Gasteiger partial charge in [0.05, 0.1) is 6.10 Å². The van der Waals surface area contributed by atoms with Crippen LogP contribution in [-0.2, 0) is 4.74 Å². The van der Waals surface area contributed by atoms with E-state index in [2.05, 4.69) is 13.8 Å². The first kappa shape index (κ1) is 10.9. The first-order valence-corrected chi connectivity index (χ1v) is 3.95. The van der Waals surface area contributed by atoms with Crippen molar-refractivity contribution in [1.29, 1.82) is 0 Å². The molecule has 2 atom stereocenters. The summed E-state index contributed by atoms with van der Waals surface area (Å²) in [5, 5.41) is 9.25. The molecule has 11 heavy (non-hydrogen) atoms. The number of rotatable bonds is 4. The van der Waals surface area contributed by atoms with E-state index in [4.69, 9.17) is 4.74 Å². The minimum atomic E-state index is -0.785. The van der Waals surface area contributed by atoms with Crippen LogP contribution in [-0.4, -0.2) is 36.6 Å². The summed E-state index contributed by atoms with van der Waals surface area (Å²) in [6.07, 6.45) is -0.695. The Balaban J connectivity index is 3.66. The van der Waals surface area contributed by atoms with Crippen molar-refractivity contribution in [2.45, 2.75) is 33.3 Å². The van der Waals surface area contributed by atoms with Gasteiger partial charge in [-0.15, -0.1) is 0 Å². The van der Waals surface area contributed by atoms with Crippen molar-refractivity contribution in [3.05, 3.63) is 0 Å². The van der Waals surface area contributed by atoms with Gasteiger partial charge < -0.3 is 9.84 Å². The van der Waals surface area contributed by atoms with Crippen LogP contribution >= 0.6 is 0 Å². The molecular formula is C8H19NO2. The second kappa shape index (κ2) is 4.70. The lowest BCUT2D eigenvalue weighted by Gasteiger charge is -2.24. The van der Waals surface area contributed by atoms with Crippen LogP contribution < -0.4 is 0 Å². The Labute approximate surface area is 69.0 Å². The van der Waals surface area contributed by atoms with Gasteiger partial charge in [0.25, 0.3) is 0 Å². The summed E-state index contributed by atoms with van der Waals surface area (Å²) in [5.74, 6) is 0.435. The number of ether oxygens (including phenoxy) is 1. The minimum absolute atomic E-state index is 0.0902. The molecule has 0 aromatic carbocycles. The smallest absolute Gasteiger partial charge is 0.215 e. The van der Waals surface area contributed by atoms with Gasteiger partial charge in [0, 0.05) is 0 Å². The third kappa shape index (κ3) is 4.35. The number of aliphatic hydroxyl groups excluding tert-OH is 1. The van der Waals surface area contributed by atoms with Crippen LogP contribution in [0.15, 0.2) is 0 Å². The van der Waals surface area contributed by atoms with Crippen molar-refractivity contribution in [3.63, 3.8) is 0 Å². The zero-order valence-electron chi connectivity index (χ0n) is 8.03. The number of hydrogen-bond acceptors (Lipinski definition) is 3. The Morgan fingerprint density at radius 2 is 1.64 bits per heavy atom. The van der Waals surface area contributed by atoms with Crippen molar-refractivity contribution in [3.8, 4) is 0 Å². The molecule has 3 heteroatoms. The maximum absolute atomic E-state index is 9.25. The average Bonchev–Trinajstić information content (AvgIpc) is 1.87. The third-order valence-electron chi connectivity index (χ3n) is 1.72. The van der Waals surface area contributed by atoms with Gasteiger partial charge in [-0.05, 0) is 26.9 Å². The highest BCUT2D eigenvalue weighted by Crippen LogP contribution is 2.07. The monoisotopic (exact) mass is 161 g/mol. The van der Waals surface area contributed by atoms with E-state index in [1.54, 1.807) is 19.0 Å². The van der Waals surface area contributed by atoms with E-state index in [1.165, 1.54) is 0 Å². The van der Waals surface area contributed by atoms with E-state index < -0.39 is 6.41 Å². The highest BCUT2D eigenvalue weighted by atomic mass is 16.6. The molecular weight excluding hydrogens is 142 g/mol. The molecule has 0 heterocycles. The van der Waals surface area contributed by atoms with Crippen molar-refractivity contribution < 1.29 is 9.84 Å². The molecule has 0 aromatic rings. The molecule has 68 valence electrons. The van der Waals surface area contributed by atoms with Gasteiger partial charge in [0.15, 0.2) is 0 Å². The predicted molar refractivity (Wildman–Crippen MR) is 45.1 cm³/mol. The maximum Gasteiger partial charge on any atom is 0.215 e. The molecule has 0 saturated heterocycles. The van der Waals surface area contributed by atoms with E-state index in [1.807, 2.05) is 6.92 Å². The molecule has 0 radical (unpaired) electrons. The second-order valence-electron chi connectivity index (χ2n) is 3.38. The third-order valence-corrected chi connectivity index (χ3v) is 1.72. The summed E-state index contributed by atoms with van der Waals surface area (Å²) >= 11 is 0. The van der Waals surface area contributed by atoms with Crippen LogP contribution in [0.3, 0.4) is 0 Å². The summed E-state index contributed by atoms with van der Waals surface area (Å²) in [4.78, 5) is 1.62. The Morgan fingerprint density at radius 3 is 1.91 bits per heavy atom. The highest BCUT2D eigenvalue weighted by molar-refractivity contribution is 4.54. The van der Waals surface area contributed by atoms with E-state index in [0.717, 1.165) is 0 Å². The molecule has 0 aromatic heterocycles. The van der Waals surface area contributed by atoms with E-state index in [0.29, 0.717) is 5.92 Å². The van der Waals surface area contributed by atoms with Crippen molar-refractivity contribution in [2.75, 3.05) is 14.1 Å². The standard InChI is InChI=1S/C8H19NO2/c1-6(2)7(3)11-8(10)9(4)5/h6-8,10H,1-5H3. The van der Waals surface area contributed by atoms with E-state index >= 15 is 0 Å². The van der Waals surface area contributed by atoms with Crippen LogP contribution in [0.4, 0.5) is 0 Å². The zero-order chi connectivity index (χ0) is 9.02. The van der Waals surface area contributed by atoms with Crippen molar-refractivity contribution in [2.24, 2.45) is 5.92 Å². The fraction of sp³-hybridized carbons (Fsp3) is 1.00. The van der Waals surface area contributed by atoms with Gasteiger partial charge in [0.2, 0.25) is 6.41 Å². The first-order chi connectivity index (χ1) is 4.95. The van der Waals surface area contributed by atoms with Crippen LogP contribution in [0.5, 0.6) is 0 Å². The second-order valence-corrected chi connectivity index (χ2v) is 3.38. The fourth-order valence-electron chi connectivity index (χ4n) is 0.471. The predicted octanol–water partition coefficient (Wildman–Crippen LogP) is 0.885. The number of hydrogen-bond donors (Lipinski definition) is 1. The van der Waals surface area contributed by atoms with Crippen LogP contribution in [0.25, 0.3) is 0 Å². The normalized spacial score (nSPS) is 17.5. The van der Waals surface area contributed by atoms with Crippen LogP contribution in [0, 0.1) is 5.92 Å². The summed E-state index contributed by atoms with van der Waals surface area (Å²) in [6.45, 7) is 6.08. The number of nitrogens with zero attached hydrogens (tertiary/aromatic N) is 1. The van der Waals surface area contributed by atoms with Gasteiger partial charge in [-0.3, -0.25) is 4.90 Å². The summed E-state index contributed by atoms with van der Waals surface area (Å²) < 4.78 is 5.25. The first-order valence-electron chi connectivity index (χ1n) is 3.95. The van der Waals surface area contributed by atoms with E-state index in [9.17, 15) is 5.11 Å². The van der Waals surface area contributed by atoms with Crippen molar-refractivity contribution in [1.82, 2.24) is 4.90 Å². The van der Waals surface area contributed by atoms with Gasteiger partial charge in [-0.2, -0.15) is 0 Å². The Hall–Kier alpha value is -0.120. The van der Waals surface area contributed by atoms with Gasteiger partial charge in [0.1, 0.15) is 0 Å². The zero-order valence-corrected chi connectivity index (χ0v) is 8.03. The molecule has 0 aliphatic heterocycles. The summed E-state index contributed by atoms with van der Waals surface area (Å²) in [6, 6.07) is 0. The van der Waals surface area contributed by atoms with Gasteiger partial charge in [-0.25, -0.2) is 0 Å². The molecule has 0 spiro atoms. The highest BCUT2D eigenvalue weighted by Gasteiger charge is 2.14. The largest absolute Gasteiger partial charge is 0.356 e. The molecule has 1 N–H and O–H groups in total. The summed E-state index contributed by atoms with van der Waals surface area (Å²) in [5.41, 5.74) is 0. The lowest BCUT2D eigenvalue weighted by Crippen LogP contribution is -2.34. The lowest BCUT2D eigenvalue weighted by molar-refractivity contribution is -0.207. The molecule has 3 nitrogen and oxygen atoms in total. The quantitative estimate of drug-likeness (QED) is 0.621. The Morgan fingerprint density at radius 1 is 1.18 bits per heavy atom. The fourth-order valence-corrected chi connectivity index (χ4v) is 0.471. The van der Waals surface area contributed by atoms with Crippen LogP contribution in [0.1, 0.15) is 20.8 Å². The molecule has 0 fully saturated rings. The van der Waals surface area contributed by atoms with Gasteiger partial charge in [-0.1, -0.05) is 13.8 Å². The van der Waals surface area contributed by atoms with Crippen LogP contribution in [0.2, 0.25) is 0 Å². The Kier molecular flexibility index (Phi) is 4.65.